The standard InChI is InChI=1S/C23H25N3O4S2/c1-23(2,3)30-22(28)26-10-9-18-19(13-26)32-21(24-18)25-20(27)15-6-4-7-16(12-15)29-14-17-8-5-11-31-17/h4-8,11-12H,9-10,13-14H2,1-3H3,(H,24,25,27). The van der Waals surface area contributed by atoms with Crippen LogP contribution in [-0.4, -0.2) is 34.0 Å². The molecule has 0 unspecified atom stereocenters. The molecule has 1 aliphatic heterocycles. The minimum Gasteiger partial charge on any atom is -0.488 e. The van der Waals surface area contributed by atoms with Gasteiger partial charge in [-0.05, 0) is 50.4 Å². The molecule has 0 radical (unpaired) electrons. The highest BCUT2D eigenvalue weighted by Crippen LogP contribution is 2.29. The third-order valence-corrected chi connectivity index (χ3v) is 6.51. The molecule has 2 aromatic heterocycles. The molecular weight excluding hydrogens is 446 g/mol. The normalized spacial score (nSPS) is 13.4. The van der Waals surface area contributed by atoms with Crippen LogP contribution in [0.2, 0.25) is 0 Å². The predicted molar refractivity (Wildman–Crippen MR) is 126 cm³/mol. The smallest absolute Gasteiger partial charge is 0.410 e. The molecular formula is C23H25N3O4S2. The summed E-state index contributed by atoms with van der Waals surface area (Å²) in [6.45, 7) is 7.00. The lowest BCUT2D eigenvalue weighted by Gasteiger charge is -2.29. The van der Waals surface area contributed by atoms with Crippen molar-refractivity contribution >= 4 is 39.8 Å². The Morgan fingerprint density at radius 3 is 2.81 bits per heavy atom. The van der Waals surface area contributed by atoms with E-state index in [-0.39, 0.29) is 12.0 Å². The minimum atomic E-state index is -0.535. The van der Waals surface area contributed by atoms with Crippen molar-refractivity contribution in [2.75, 3.05) is 11.9 Å². The number of nitrogens with one attached hydrogen (secondary N) is 1. The summed E-state index contributed by atoms with van der Waals surface area (Å²) in [5.41, 5.74) is 0.877. The molecule has 1 N–H and O–H groups in total. The fourth-order valence-electron chi connectivity index (χ4n) is 3.18. The van der Waals surface area contributed by atoms with E-state index in [4.69, 9.17) is 9.47 Å². The molecule has 1 aliphatic rings. The van der Waals surface area contributed by atoms with E-state index in [2.05, 4.69) is 10.3 Å². The van der Waals surface area contributed by atoms with Crippen LogP contribution in [0.15, 0.2) is 41.8 Å². The van der Waals surface area contributed by atoms with Crippen molar-refractivity contribution in [3.8, 4) is 5.75 Å². The summed E-state index contributed by atoms with van der Waals surface area (Å²) < 4.78 is 11.3. The molecule has 0 saturated carbocycles. The number of nitrogens with zero attached hydrogens (tertiary/aromatic N) is 2. The third kappa shape index (κ3) is 5.66. The number of benzene rings is 1. The molecule has 3 aromatic rings. The van der Waals surface area contributed by atoms with Crippen LogP contribution in [0.25, 0.3) is 0 Å². The maximum absolute atomic E-state index is 12.8. The second-order valence-corrected chi connectivity index (χ2v) is 10.5. The van der Waals surface area contributed by atoms with Gasteiger partial charge in [0, 0.05) is 28.3 Å². The Bertz CT molecular complexity index is 1100. The zero-order valence-corrected chi connectivity index (χ0v) is 19.8. The van der Waals surface area contributed by atoms with Crippen LogP contribution in [0.3, 0.4) is 0 Å². The minimum absolute atomic E-state index is 0.248. The highest BCUT2D eigenvalue weighted by Gasteiger charge is 2.28. The van der Waals surface area contributed by atoms with Crippen LogP contribution in [0, 0.1) is 0 Å². The molecule has 2 amide bonds. The summed E-state index contributed by atoms with van der Waals surface area (Å²) in [6, 6.07) is 11.1. The van der Waals surface area contributed by atoms with Gasteiger partial charge in [0.05, 0.1) is 12.2 Å². The van der Waals surface area contributed by atoms with Gasteiger partial charge in [0.15, 0.2) is 5.13 Å². The van der Waals surface area contributed by atoms with E-state index in [1.165, 1.54) is 11.3 Å². The number of hydrogen-bond donors (Lipinski definition) is 1. The van der Waals surface area contributed by atoms with E-state index >= 15 is 0 Å². The van der Waals surface area contributed by atoms with Crippen molar-refractivity contribution in [1.82, 2.24) is 9.88 Å². The van der Waals surface area contributed by atoms with Crippen molar-refractivity contribution in [2.45, 2.75) is 45.9 Å². The van der Waals surface area contributed by atoms with Gasteiger partial charge in [-0.1, -0.05) is 23.5 Å². The first-order valence-corrected chi connectivity index (χ1v) is 12.0. The summed E-state index contributed by atoms with van der Waals surface area (Å²) in [7, 11) is 0. The number of thiazole rings is 1. The topological polar surface area (TPSA) is 80.8 Å². The number of carbonyl (C=O) groups is 2. The van der Waals surface area contributed by atoms with Gasteiger partial charge in [0.1, 0.15) is 18.0 Å². The molecule has 168 valence electrons. The number of aromatic nitrogens is 1. The Hall–Kier alpha value is -2.91. The first-order chi connectivity index (χ1) is 15.3. The molecule has 3 heterocycles. The van der Waals surface area contributed by atoms with Gasteiger partial charge < -0.3 is 14.4 Å². The monoisotopic (exact) mass is 471 g/mol. The first kappa shape index (κ1) is 22.3. The average Bonchev–Trinajstić information content (AvgIpc) is 3.40. The van der Waals surface area contributed by atoms with Crippen LogP contribution in [0.4, 0.5) is 9.93 Å². The quantitative estimate of drug-likeness (QED) is 0.544. The van der Waals surface area contributed by atoms with Gasteiger partial charge in [0.2, 0.25) is 0 Å². The van der Waals surface area contributed by atoms with E-state index in [1.807, 2.05) is 44.4 Å². The molecule has 0 aliphatic carbocycles. The fourth-order valence-corrected chi connectivity index (χ4v) is 4.81. The van der Waals surface area contributed by atoms with E-state index < -0.39 is 5.60 Å². The number of anilines is 1. The van der Waals surface area contributed by atoms with Gasteiger partial charge in [-0.15, -0.1) is 11.3 Å². The Kier molecular flexibility index (Phi) is 6.48. The van der Waals surface area contributed by atoms with Gasteiger partial charge in [-0.25, -0.2) is 9.78 Å². The van der Waals surface area contributed by atoms with Crippen molar-refractivity contribution in [3.05, 3.63) is 62.8 Å². The number of carbonyl (C=O) groups excluding carboxylic acids is 2. The van der Waals surface area contributed by atoms with Crippen molar-refractivity contribution in [1.29, 1.82) is 0 Å². The second kappa shape index (κ2) is 9.30. The van der Waals surface area contributed by atoms with E-state index in [9.17, 15) is 9.59 Å². The number of fused-ring (bicyclic) bond motifs is 1. The van der Waals surface area contributed by atoms with E-state index in [0.717, 1.165) is 15.4 Å². The highest BCUT2D eigenvalue weighted by molar-refractivity contribution is 7.15. The maximum atomic E-state index is 12.8. The lowest BCUT2D eigenvalue weighted by molar-refractivity contribution is 0.0225. The van der Waals surface area contributed by atoms with Gasteiger partial charge in [-0.2, -0.15) is 0 Å². The SMILES string of the molecule is CC(C)(C)OC(=O)N1CCc2nc(NC(=O)c3cccc(OCc4cccs4)c3)sc2C1. The van der Waals surface area contributed by atoms with E-state index in [1.54, 1.807) is 34.4 Å². The first-order valence-electron chi connectivity index (χ1n) is 10.3. The molecule has 0 atom stereocenters. The molecule has 0 fully saturated rings. The summed E-state index contributed by atoms with van der Waals surface area (Å²) in [6.07, 6.45) is 0.300. The molecule has 4 rings (SSSR count). The summed E-state index contributed by atoms with van der Waals surface area (Å²) in [4.78, 5) is 33.4. The zero-order valence-electron chi connectivity index (χ0n) is 18.2. The van der Waals surface area contributed by atoms with Crippen LogP contribution in [0.5, 0.6) is 5.75 Å². The fraction of sp³-hybridized carbons (Fsp3) is 0.348. The summed E-state index contributed by atoms with van der Waals surface area (Å²) >= 11 is 3.02. The van der Waals surface area contributed by atoms with Crippen LogP contribution in [0.1, 0.15) is 46.6 Å². The largest absolute Gasteiger partial charge is 0.488 e. The molecule has 0 bridgehead atoms. The third-order valence-electron chi connectivity index (χ3n) is 4.66. The number of amides is 2. The molecule has 32 heavy (non-hydrogen) atoms. The van der Waals surface area contributed by atoms with Gasteiger partial charge in [0.25, 0.3) is 5.91 Å². The van der Waals surface area contributed by atoms with Crippen molar-refractivity contribution in [3.63, 3.8) is 0 Å². The Morgan fingerprint density at radius 1 is 1.22 bits per heavy atom. The van der Waals surface area contributed by atoms with Gasteiger partial charge >= 0.3 is 6.09 Å². The lowest BCUT2D eigenvalue weighted by Crippen LogP contribution is -2.39. The Balaban J connectivity index is 1.38. The number of thiophene rings is 1. The average molecular weight is 472 g/mol. The second-order valence-electron chi connectivity index (χ2n) is 8.39. The van der Waals surface area contributed by atoms with Crippen molar-refractivity contribution in [2.24, 2.45) is 0 Å². The molecule has 0 saturated heterocycles. The van der Waals surface area contributed by atoms with Crippen molar-refractivity contribution < 1.29 is 19.1 Å². The highest BCUT2D eigenvalue weighted by atomic mass is 32.1. The van der Waals surface area contributed by atoms with Crippen LogP contribution in [-0.2, 0) is 24.3 Å². The molecule has 9 heteroatoms. The number of rotatable bonds is 5. The Labute approximate surface area is 195 Å². The Morgan fingerprint density at radius 2 is 2.06 bits per heavy atom. The van der Waals surface area contributed by atoms with E-state index in [0.29, 0.717) is 42.6 Å². The predicted octanol–water partition coefficient (Wildman–Crippen LogP) is 5.33. The molecule has 1 aromatic carbocycles. The number of ether oxygens (including phenoxy) is 2. The lowest BCUT2D eigenvalue weighted by atomic mass is 10.2. The van der Waals surface area contributed by atoms with Gasteiger partial charge in [-0.3, -0.25) is 10.1 Å². The zero-order chi connectivity index (χ0) is 22.7. The number of hydrogen-bond acceptors (Lipinski definition) is 7. The summed E-state index contributed by atoms with van der Waals surface area (Å²) in [5, 5.41) is 5.40. The molecule has 0 spiro atoms. The maximum Gasteiger partial charge on any atom is 0.410 e. The summed E-state index contributed by atoms with van der Waals surface area (Å²) in [5.74, 6) is 0.388. The van der Waals surface area contributed by atoms with Crippen LogP contribution >= 0.6 is 22.7 Å². The van der Waals surface area contributed by atoms with Crippen LogP contribution < -0.4 is 10.1 Å². The molecule has 7 nitrogen and oxygen atoms in total.